The Bertz CT molecular complexity index is 415. The van der Waals surface area contributed by atoms with E-state index in [2.05, 4.69) is 0 Å². The van der Waals surface area contributed by atoms with Crippen LogP contribution in [0.3, 0.4) is 0 Å². The van der Waals surface area contributed by atoms with Crippen molar-refractivity contribution in [1.82, 2.24) is 0 Å². The lowest BCUT2D eigenvalue weighted by Gasteiger charge is -1.96. The van der Waals surface area contributed by atoms with Gasteiger partial charge < -0.3 is 5.11 Å². The number of aliphatic carboxylic acids is 1. The van der Waals surface area contributed by atoms with Crippen molar-refractivity contribution in [3.63, 3.8) is 0 Å². The number of hydrogen-bond acceptors (Lipinski definition) is 1. The summed E-state index contributed by atoms with van der Waals surface area (Å²) in [5.41, 5.74) is -0.892. The Morgan fingerprint density at radius 1 is 1.14 bits per heavy atom. The average molecular weight is 205 g/mol. The number of ketones is 1. The second-order valence-electron chi connectivity index (χ2n) is 2.40. The molecule has 14 heavy (non-hydrogen) atoms. The zero-order valence-corrected chi connectivity index (χ0v) is 6.59. The quantitative estimate of drug-likeness (QED) is 0.340. The van der Waals surface area contributed by atoms with Crippen molar-refractivity contribution in [3.8, 4) is 0 Å². The molecule has 0 bridgehead atoms. The molecule has 0 amide bonds. The summed E-state index contributed by atoms with van der Waals surface area (Å²) < 4.78 is 37.7. The Hall–Kier alpha value is -1.85. The van der Waals surface area contributed by atoms with Gasteiger partial charge in [0.1, 0.15) is 11.4 Å². The molecular formula is C8H4F3O3+. The molecule has 0 atom stereocenters. The van der Waals surface area contributed by atoms with Gasteiger partial charge in [-0.1, -0.05) is 0 Å². The van der Waals surface area contributed by atoms with Crippen molar-refractivity contribution in [2.75, 3.05) is 0 Å². The lowest BCUT2D eigenvalue weighted by molar-refractivity contribution is -0.129. The van der Waals surface area contributed by atoms with Gasteiger partial charge >= 0.3 is 11.8 Å². The minimum atomic E-state index is -1.82. The number of halogens is 3. The molecule has 1 aromatic rings. The molecule has 74 valence electrons. The number of carbonyl (C=O) groups excluding carboxylic acids is 1. The summed E-state index contributed by atoms with van der Waals surface area (Å²) in [4.78, 5) is 19.0. The summed E-state index contributed by atoms with van der Waals surface area (Å²) in [6, 6.07) is 0.429. The molecule has 0 aliphatic rings. The molecule has 6 heteroatoms. The Kier molecular flexibility index (Phi) is 2.55. The van der Waals surface area contributed by atoms with Gasteiger partial charge in [0, 0.05) is 6.07 Å². The van der Waals surface area contributed by atoms with Crippen LogP contribution in [0.2, 0.25) is 0 Å². The van der Waals surface area contributed by atoms with Gasteiger partial charge in [0.25, 0.3) is 0 Å². The van der Waals surface area contributed by atoms with Crippen LogP contribution in [-0.4, -0.2) is 21.7 Å². The van der Waals surface area contributed by atoms with Gasteiger partial charge in [0.2, 0.25) is 0 Å². The highest BCUT2D eigenvalue weighted by Crippen LogP contribution is 2.13. The van der Waals surface area contributed by atoms with Crippen molar-refractivity contribution in [1.29, 1.82) is 0 Å². The van der Waals surface area contributed by atoms with Gasteiger partial charge in [0.15, 0.2) is 11.6 Å². The molecule has 0 aliphatic carbocycles. The third-order valence-electron chi connectivity index (χ3n) is 1.47. The van der Waals surface area contributed by atoms with Crippen LogP contribution in [0.25, 0.3) is 0 Å². The Morgan fingerprint density at radius 3 is 2.14 bits per heavy atom. The van der Waals surface area contributed by atoms with Crippen LogP contribution < -0.4 is 0 Å². The molecule has 0 saturated carbocycles. The number of carboxylic acids is 1. The minimum absolute atomic E-state index is 0.157. The highest BCUT2D eigenvalue weighted by Gasteiger charge is 2.27. The van der Waals surface area contributed by atoms with Crippen LogP contribution in [0.4, 0.5) is 13.2 Å². The van der Waals surface area contributed by atoms with Crippen LogP contribution in [0.1, 0.15) is 5.56 Å². The number of carbonyl (C=O) groups is 1. The first-order valence-corrected chi connectivity index (χ1v) is 3.37. The number of rotatable bonds is 2. The second kappa shape index (κ2) is 3.49. The van der Waals surface area contributed by atoms with E-state index in [0.29, 0.717) is 0 Å². The molecule has 0 heterocycles. The van der Waals surface area contributed by atoms with E-state index in [1.54, 1.807) is 0 Å². The fourth-order valence-corrected chi connectivity index (χ4v) is 0.819. The first-order chi connectivity index (χ1) is 6.43. The van der Waals surface area contributed by atoms with Gasteiger partial charge in [0.05, 0.1) is 0 Å². The molecule has 3 nitrogen and oxygen atoms in total. The predicted octanol–water partition coefficient (Wildman–Crippen LogP) is 1.08. The van der Waals surface area contributed by atoms with E-state index >= 15 is 0 Å². The second-order valence-corrected chi connectivity index (χ2v) is 2.40. The minimum Gasteiger partial charge on any atom is -0.471 e. The molecule has 0 spiro atoms. The van der Waals surface area contributed by atoms with Crippen molar-refractivity contribution >= 4 is 11.8 Å². The molecule has 1 aromatic carbocycles. The Balaban J connectivity index is 3.29. The normalized spacial score (nSPS) is 9.93. The van der Waals surface area contributed by atoms with Crippen molar-refractivity contribution in [3.05, 3.63) is 35.1 Å². The molecule has 0 fully saturated rings. The maximum absolute atomic E-state index is 12.8. The SMILES string of the molecule is O=C(O)C(=[OH+])c1cc(F)c(F)cc1F. The van der Waals surface area contributed by atoms with Crippen LogP contribution in [-0.2, 0) is 4.79 Å². The molecule has 0 radical (unpaired) electrons. The zero-order chi connectivity index (χ0) is 10.9. The van der Waals surface area contributed by atoms with Crippen molar-refractivity contribution < 1.29 is 27.9 Å². The molecule has 0 unspecified atom stereocenters. The lowest BCUT2D eigenvalue weighted by atomic mass is 10.1. The van der Waals surface area contributed by atoms with Gasteiger partial charge in [-0.25, -0.2) is 18.0 Å². The molecule has 0 aromatic heterocycles. The summed E-state index contributed by atoms with van der Waals surface area (Å²) in [6.45, 7) is 0. The van der Waals surface area contributed by atoms with Crippen LogP contribution in [0.15, 0.2) is 12.1 Å². The molecular weight excluding hydrogens is 201 g/mol. The highest BCUT2D eigenvalue weighted by molar-refractivity contribution is 6.40. The van der Waals surface area contributed by atoms with E-state index in [-0.39, 0.29) is 12.1 Å². The van der Waals surface area contributed by atoms with E-state index < -0.39 is 34.8 Å². The topological polar surface area (TPSA) is 58.7 Å². The van der Waals surface area contributed by atoms with E-state index in [9.17, 15) is 18.0 Å². The molecule has 1 rings (SSSR count). The van der Waals surface area contributed by atoms with Crippen LogP contribution >= 0.6 is 0 Å². The van der Waals surface area contributed by atoms with Gasteiger partial charge in [-0.15, -0.1) is 0 Å². The lowest BCUT2D eigenvalue weighted by Crippen LogP contribution is -2.16. The summed E-state index contributed by atoms with van der Waals surface area (Å²) in [7, 11) is 0. The van der Waals surface area contributed by atoms with E-state index in [0.717, 1.165) is 0 Å². The fourth-order valence-electron chi connectivity index (χ4n) is 0.819. The average Bonchev–Trinajstić information content (AvgIpc) is 2.10. The van der Waals surface area contributed by atoms with Gasteiger partial charge in [-0.2, -0.15) is 0 Å². The molecule has 0 aliphatic heterocycles. The molecule has 2 N–H and O–H groups in total. The summed E-state index contributed by atoms with van der Waals surface area (Å²) >= 11 is 0. The standard InChI is InChI=1S/C8H3F3O3/c9-4-2-6(11)5(10)1-3(4)7(12)8(13)14/h1-2H,(H,13,14)/p+1. The highest BCUT2D eigenvalue weighted by atomic mass is 19.2. The summed E-state index contributed by atoms with van der Waals surface area (Å²) in [6.07, 6.45) is 0. The van der Waals surface area contributed by atoms with Gasteiger partial charge in [-0.05, 0) is 6.07 Å². The zero-order valence-electron chi connectivity index (χ0n) is 6.59. The van der Waals surface area contributed by atoms with E-state index in [1.165, 1.54) is 0 Å². The predicted molar refractivity (Wildman–Crippen MR) is 40.0 cm³/mol. The van der Waals surface area contributed by atoms with Crippen molar-refractivity contribution in [2.45, 2.75) is 0 Å². The number of carboxylic acid groups (broad SMARTS) is 1. The van der Waals surface area contributed by atoms with Crippen molar-refractivity contribution in [2.24, 2.45) is 0 Å². The maximum Gasteiger partial charge on any atom is 0.434 e. The fraction of sp³-hybridized carbons (Fsp3) is 0. The van der Waals surface area contributed by atoms with E-state index in [4.69, 9.17) is 9.90 Å². The monoisotopic (exact) mass is 205 g/mol. The third kappa shape index (κ3) is 1.73. The first kappa shape index (κ1) is 10.2. The summed E-state index contributed by atoms with van der Waals surface area (Å²) in [5, 5.41) is 8.25. The Morgan fingerprint density at radius 2 is 1.64 bits per heavy atom. The number of benzene rings is 1. The maximum atomic E-state index is 12.8. The third-order valence-corrected chi connectivity index (χ3v) is 1.47. The molecule has 0 saturated heterocycles. The number of hydrogen-bond donors (Lipinski definition) is 1. The van der Waals surface area contributed by atoms with Crippen LogP contribution in [0.5, 0.6) is 0 Å². The summed E-state index contributed by atoms with van der Waals surface area (Å²) in [5.74, 6) is -7.43. The largest absolute Gasteiger partial charge is 0.471 e. The first-order valence-electron chi connectivity index (χ1n) is 3.37. The van der Waals surface area contributed by atoms with E-state index in [1.807, 2.05) is 0 Å². The van der Waals surface area contributed by atoms with Gasteiger partial charge in [-0.3, -0.25) is 4.79 Å². The smallest absolute Gasteiger partial charge is 0.434 e. The Labute approximate surface area is 75.8 Å². The van der Waals surface area contributed by atoms with Crippen LogP contribution in [0, 0.1) is 17.5 Å².